The van der Waals surface area contributed by atoms with Gasteiger partial charge in [0.1, 0.15) is 11.4 Å². The Labute approximate surface area is 122 Å². The molecule has 3 heteroatoms. The monoisotopic (exact) mass is 277 g/mol. The molecule has 0 spiro atoms. The molecule has 1 unspecified atom stereocenters. The molecule has 20 heavy (non-hydrogen) atoms. The molecular weight excluding hydrogens is 250 g/mol. The Morgan fingerprint density at radius 3 is 2.50 bits per heavy atom. The first-order chi connectivity index (χ1) is 9.14. The lowest BCUT2D eigenvalue weighted by Crippen LogP contribution is -2.40. The molecule has 0 saturated carbocycles. The lowest BCUT2D eigenvalue weighted by Gasteiger charge is -2.40. The summed E-state index contributed by atoms with van der Waals surface area (Å²) in [4.78, 5) is 5.19. The van der Waals surface area contributed by atoms with Crippen molar-refractivity contribution in [2.45, 2.75) is 65.0 Å². The molecular formula is C17H27NO2. The maximum absolute atomic E-state index is 6.31. The number of hydrogen-bond acceptors (Lipinski definition) is 3. The molecule has 1 aromatic rings. The number of hydrogen-bond donors (Lipinski definition) is 1. The zero-order valence-corrected chi connectivity index (χ0v) is 13.8. The molecule has 112 valence electrons. The normalized spacial score (nSPS) is 21.2. The Bertz CT molecular complexity index is 500. The Balaban J connectivity index is 2.61. The van der Waals surface area contributed by atoms with Crippen LogP contribution in [0.5, 0.6) is 5.75 Å². The van der Waals surface area contributed by atoms with Crippen LogP contribution < -0.4 is 10.2 Å². The summed E-state index contributed by atoms with van der Waals surface area (Å²) >= 11 is 0. The van der Waals surface area contributed by atoms with Crippen LogP contribution in [0, 0.1) is 6.92 Å². The summed E-state index contributed by atoms with van der Waals surface area (Å²) in [6.07, 6.45) is 0.890. The van der Waals surface area contributed by atoms with Crippen molar-refractivity contribution in [1.82, 2.24) is 5.48 Å². The van der Waals surface area contributed by atoms with Crippen molar-refractivity contribution in [3.05, 3.63) is 28.8 Å². The predicted octanol–water partition coefficient (Wildman–Crippen LogP) is 4.05. The highest BCUT2D eigenvalue weighted by atomic mass is 16.6. The van der Waals surface area contributed by atoms with Gasteiger partial charge in [-0.2, -0.15) is 5.48 Å². The van der Waals surface area contributed by atoms with Crippen LogP contribution in [0.4, 0.5) is 0 Å². The zero-order valence-electron chi connectivity index (χ0n) is 13.8. The highest BCUT2D eigenvalue weighted by Gasteiger charge is 2.37. The summed E-state index contributed by atoms with van der Waals surface area (Å²) in [6, 6.07) is 4.61. The van der Waals surface area contributed by atoms with Gasteiger partial charge in [0.25, 0.3) is 0 Å². The summed E-state index contributed by atoms with van der Waals surface area (Å²) in [7, 11) is 1.67. The first-order valence-corrected chi connectivity index (χ1v) is 7.26. The number of rotatable bonds is 2. The number of hydroxylamine groups is 1. The summed E-state index contributed by atoms with van der Waals surface area (Å²) < 4.78 is 6.31. The van der Waals surface area contributed by atoms with E-state index in [0.29, 0.717) is 0 Å². The zero-order chi connectivity index (χ0) is 15.1. The van der Waals surface area contributed by atoms with E-state index in [1.807, 2.05) is 0 Å². The lowest BCUT2D eigenvalue weighted by atomic mass is 9.80. The lowest BCUT2D eigenvalue weighted by molar-refractivity contribution is 0.00194. The van der Waals surface area contributed by atoms with Crippen LogP contribution in [0.1, 0.15) is 63.8 Å². The van der Waals surface area contributed by atoms with Gasteiger partial charge < -0.3 is 9.57 Å². The van der Waals surface area contributed by atoms with Gasteiger partial charge >= 0.3 is 0 Å². The second kappa shape index (κ2) is 5.05. The van der Waals surface area contributed by atoms with Gasteiger partial charge in [0.2, 0.25) is 0 Å². The molecule has 3 nitrogen and oxygen atoms in total. The third-order valence-corrected chi connectivity index (χ3v) is 3.78. The molecule has 0 aliphatic carbocycles. The maximum Gasteiger partial charge on any atom is 0.128 e. The summed E-state index contributed by atoms with van der Waals surface area (Å²) in [5.41, 5.74) is 6.72. The summed E-state index contributed by atoms with van der Waals surface area (Å²) in [6.45, 7) is 13.1. The molecule has 1 aromatic carbocycles. The average Bonchev–Trinajstić information content (AvgIpc) is 2.27. The van der Waals surface area contributed by atoms with Crippen molar-refractivity contribution < 1.29 is 9.57 Å². The van der Waals surface area contributed by atoms with Crippen molar-refractivity contribution >= 4 is 0 Å². The topological polar surface area (TPSA) is 30.5 Å². The Hall–Kier alpha value is -1.06. The van der Waals surface area contributed by atoms with E-state index in [1.54, 1.807) is 7.11 Å². The average molecular weight is 277 g/mol. The first-order valence-electron chi connectivity index (χ1n) is 7.26. The second-order valence-corrected chi connectivity index (χ2v) is 7.42. The molecule has 1 atom stereocenters. The summed E-state index contributed by atoms with van der Waals surface area (Å²) in [5.74, 6) is 1.02. The number of aryl methyl sites for hydroxylation is 1. The molecule has 1 N–H and O–H groups in total. The minimum absolute atomic E-state index is 0.0567. The molecule has 0 saturated heterocycles. The van der Waals surface area contributed by atoms with Gasteiger partial charge in [0.15, 0.2) is 0 Å². The number of ether oxygens (including phenoxy) is 1. The molecule has 0 radical (unpaired) electrons. The van der Waals surface area contributed by atoms with Crippen LogP contribution in [0.15, 0.2) is 12.1 Å². The maximum atomic E-state index is 6.31. The second-order valence-electron chi connectivity index (χ2n) is 7.42. The van der Waals surface area contributed by atoms with E-state index in [9.17, 15) is 0 Å². The van der Waals surface area contributed by atoms with E-state index in [-0.39, 0.29) is 17.1 Å². The van der Waals surface area contributed by atoms with Gasteiger partial charge in [-0.25, -0.2) is 0 Å². The van der Waals surface area contributed by atoms with Gasteiger partial charge in [-0.15, -0.1) is 0 Å². The molecule has 0 fully saturated rings. The fraction of sp³-hybridized carbons (Fsp3) is 0.647. The van der Waals surface area contributed by atoms with Crippen LogP contribution in [-0.4, -0.2) is 12.7 Å². The molecule has 2 rings (SSSR count). The standard InChI is InChI=1S/C17H27NO2/c1-11-8-12-14(18-19-7)10-17(5,6)20-15(12)13(9-11)16(2,3)4/h8-9,14,18H,10H2,1-7H3. The molecule has 1 heterocycles. The van der Waals surface area contributed by atoms with Crippen LogP contribution in [0.2, 0.25) is 0 Å². The van der Waals surface area contributed by atoms with Crippen molar-refractivity contribution in [2.24, 2.45) is 0 Å². The first kappa shape index (κ1) is 15.3. The largest absolute Gasteiger partial charge is 0.487 e. The van der Waals surface area contributed by atoms with Crippen molar-refractivity contribution in [3.8, 4) is 5.75 Å². The summed E-state index contributed by atoms with van der Waals surface area (Å²) in [5, 5.41) is 0. The van der Waals surface area contributed by atoms with Crippen LogP contribution >= 0.6 is 0 Å². The third-order valence-electron chi connectivity index (χ3n) is 3.78. The van der Waals surface area contributed by atoms with Gasteiger partial charge in [0.05, 0.1) is 13.2 Å². The molecule has 1 aliphatic rings. The predicted molar refractivity (Wildman–Crippen MR) is 82.1 cm³/mol. The highest BCUT2D eigenvalue weighted by Crippen LogP contribution is 2.45. The third kappa shape index (κ3) is 2.99. The fourth-order valence-corrected chi connectivity index (χ4v) is 2.90. The quantitative estimate of drug-likeness (QED) is 0.827. The van der Waals surface area contributed by atoms with Gasteiger partial charge in [-0.05, 0) is 26.2 Å². The Morgan fingerprint density at radius 2 is 1.95 bits per heavy atom. The number of benzene rings is 1. The van der Waals surface area contributed by atoms with Crippen molar-refractivity contribution in [2.75, 3.05) is 7.11 Å². The van der Waals surface area contributed by atoms with Crippen LogP contribution in [0.25, 0.3) is 0 Å². The Morgan fingerprint density at radius 1 is 1.30 bits per heavy atom. The molecule has 1 aliphatic heterocycles. The smallest absolute Gasteiger partial charge is 0.128 e. The fourth-order valence-electron chi connectivity index (χ4n) is 2.90. The van der Waals surface area contributed by atoms with E-state index in [2.05, 4.69) is 59.2 Å². The van der Waals surface area contributed by atoms with Gasteiger partial charge in [-0.1, -0.05) is 38.5 Å². The van der Waals surface area contributed by atoms with E-state index >= 15 is 0 Å². The van der Waals surface area contributed by atoms with Gasteiger partial charge in [0, 0.05) is 17.5 Å². The molecule has 0 amide bonds. The molecule has 0 aromatic heterocycles. The van der Waals surface area contributed by atoms with Crippen LogP contribution in [0.3, 0.4) is 0 Å². The Kier molecular flexibility index (Phi) is 3.87. The van der Waals surface area contributed by atoms with E-state index in [0.717, 1.165) is 12.2 Å². The molecule has 0 bridgehead atoms. The van der Waals surface area contributed by atoms with Gasteiger partial charge in [-0.3, -0.25) is 0 Å². The van der Waals surface area contributed by atoms with E-state index in [1.165, 1.54) is 16.7 Å². The van der Waals surface area contributed by atoms with Crippen molar-refractivity contribution in [1.29, 1.82) is 0 Å². The minimum atomic E-state index is -0.196. The SMILES string of the molecule is CONC1CC(C)(C)Oc2c1cc(C)cc2C(C)(C)C. The van der Waals surface area contributed by atoms with E-state index < -0.39 is 0 Å². The number of fused-ring (bicyclic) bond motifs is 1. The van der Waals surface area contributed by atoms with E-state index in [4.69, 9.17) is 9.57 Å². The van der Waals surface area contributed by atoms with Crippen LogP contribution in [-0.2, 0) is 10.3 Å². The van der Waals surface area contributed by atoms with Crippen molar-refractivity contribution in [3.63, 3.8) is 0 Å². The number of nitrogens with one attached hydrogen (secondary N) is 1. The highest BCUT2D eigenvalue weighted by molar-refractivity contribution is 5.50. The minimum Gasteiger partial charge on any atom is -0.487 e.